The van der Waals surface area contributed by atoms with Crippen LogP contribution in [-0.4, -0.2) is 17.6 Å². The van der Waals surface area contributed by atoms with Gasteiger partial charge in [-0.05, 0) is 81.0 Å². The lowest BCUT2D eigenvalue weighted by molar-refractivity contribution is -0.143. The fraction of sp³-hybridized carbons (Fsp3) is 0.517. The van der Waals surface area contributed by atoms with E-state index in [0.717, 1.165) is 57.8 Å². The summed E-state index contributed by atoms with van der Waals surface area (Å²) in [5.74, 6) is -0.0717. The fourth-order valence-electron chi connectivity index (χ4n) is 4.79. The molecule has 0 N–H and O–H groups in total. The number of allylic oxidation sites excluding steroid dienone is 1. The van der Waals surface area contributed by atoms with Crippen molar-refractivity contribution in [3.63, 3.8) is 0 Å². The Kier molecular flexibility index (Phi) is 9.08. The van der Waals surface area contributed by atoms with Crippen molar-refractivity contribution in [3.05, 3.63) is 69.5 Å². The van der Waals surface area contributed by atoms with Crippen LogP contribution in [0.4, 0.5) is 0 Å². The lowest BCUT2D eigenvalue weighted by Gasteiger charge is -2.18. The third-order valence-corrected chi connectivity index (χ3v) is 6.43. The van der Waals surface area contributed by atoms with E-state index in [-0.39, 0.29) is 5.97 Å². The number of carbonyl (C=O) groups excluding carboxylic acids is 1. The topological polar surface area (TPSA) is 39.2 Å². The first-order valence-electron chi connectivity index (χ1n) is 12.5. The Balaban J connectivity index is 1.93. The van der Waals surface area contributed by atoms with Crippen molar-refractivity contribution < 1.29 is 9.53 Å². The van der Waals surface area contributed by atoms with Gasteiger partial charge in [0.2, 0.25) is 0 Å². The van der Waals surface area contributed by atoms with E-state index in [1.54, 1.807) is 0 Å². The zero-order chi connectivity index (χ0) is 22.9. The third kappa shape index (κ3) is 6.09. The van der Waals surface area contributed by atoms with Gasteiger partial charge in [0.25, 0.3) is 0 Å². The van der Waals surface area contributed by atoms with Crippen LogP contribution >= 0.6 is 0 Å². The van der Waals surface area contributed by atoms with Gasteiger partial charge in [0.15, 0.2) is 0 Å². The summed E-state index contributed by atoms with van der Waals surface area (Å²) in [5, 5.41) is 0. The van der Waals surface area contributed by atoms with Gasteiger partial charge in [-0.15, -0.1) is 0 Å². The van der Waals surface area contributed by atoms with Crippen LogP contribution in [0.3, 0.4) is 0 Å². The molecule has 32 heavy (non-hydrogen) atoms. The quantitative estimate of drug-likeness (QED) is 0.294. The van der Waals surface area contributed by atoms with E-state index in [1.165, 1.54) is 44.7 Å². The van der Waals surface area contributed by atoms with Gasteiger partial charge in [0.1, 0.15) is 0 Å². The Labute approximate surface area is 194 Å². The highest BCUT2D eigenvalue weighted by Crippen LogP contribution is 2.38. The number of benzene rings is 1. The summed E-state index contributed by atoms with van der Waals surface area (Å²) in [6.45, 7) is 8.99. The van der Waals surface area contributed by atoms with Crippen LogP contribution in [0, 0.1) is 6.92 Å². The molecule has 0 atom stereocenters. The van der Waals surface area contributed by atoms with E-state index < -0.39 is 0 Å². The van der Waals surface area contributed by atoms with Crippen molar-refractivity contribution in [2.75, 3.05) is 6.61 Å². The number of esters is 1. The number of nitrogens with zero attached hydrogens (tertiary/aromatic N) is 1. The molecule has 1 aromatic heterocycles. The summed E-state index contributed by atoms with van der Waals surface area (Å²) in [6.07, 6.45) is 12.1. The molecule has 0 fully saturated rings. The van der Waals surface area contributed by atoms with Crippen molar-refractivity contribution in [1.82, 2.24) is 4.98 Å². The first-order chi connectivity index (χ1) is 15.6. The molecule has 1 aromatic carbocycles. The molecule has 0 spiro atoms. The van der Waals surface area contributed by atoms with Gasteiger partial charge in [-0.2, -0.15) is 0 Å². The normalized spacial score (nSPS) is 14.4. The molecule has 1 aliphatic rings. The number of hydrogen-bond donors (Lipinski definition) is 0. The van der Waals surface area contributed by atoms with E-state index in [9.17, 15) is 4.79 Å². The molecular weight excluding hydrogens is 394 g/mol. The summed E-state index contributed by atoms with van der Waals surface area (Å²) < 4.78 is 5.07. The Bertz CT molecular complexity index is 958. The average molecular weight is 434 g/mol. The highest BCUT2D eigenvalue weighted by atomic mass is 16.5. The van der Waals surface area contributed by atoms with E-state index in [0.29, 0.717) is 13.0 Å². The molecule has 0 saturated heterocycles. The highest BCUT2D eigenvalue weighted by Gasteiger charge is 2.22. The van der Waals surface area contributed by atoms with Crippen LogP contribution in [0.2, 0.25) is 0 Å². The van der Waals surface area contributed by atoms with Gasteiger partial charge in [0.05, 0.1) is 12.3 Å². The molecule has 0 amide bonds. The maximum Gasteiger partial charge on any atom is 0.305 e. The number of aryl methyl sites for hydroxylation is 4. The fourth-order valence-corrected chi connectivity index (χ4v) is 4.79. The molecule has 172 valence electrons. The first kappa shape index (κ1) is 24.2. The average Bonchev–Trinajstić information content (AvgIpc) is 2.94. The Morgan fingerprint density at radius 3 is 2.50 bits per heavy atom. The largest absolute Gasteiger partial charge is 0.466 e. The molecule has 3 rings (SSSR count). The predicted molar refractivity (Wildman–Crippen MR) is 133 cm³/mol. The van der Waals surface area contributed by atoms with Gasteiger partial charge in [-0.1, -0.05) is 62.1 Å². The molecule has 0 unspecified atom stereocenters. The van der Waals surface area contributed by atoms with Crippen molar-refractivity contribution in [1.29, 1.82) is 0 Å². The van der Waals surface area contributed by atoms with Gasteiger partial charge < -0.3 is 4.74 Å². The zero-order valence-corrected chi connectivity index (χ0v) is 20.4. The summed E-state index contributed by atoms with van der Waals surface area (Å²) in [6, 6.07) is 9.31. The maximum atomic E-state index is 11.6. The van der Waals surface area contributed by atoms with Crippen molar-refractivity contribution in [3.8, 4) is 0 Å². The van der Waals surface area contributed by atoms with Crippen molar-refractivity contribution >= 4 is 11.5 Å². The number of pyridine rings is 1. The smallest absolute Gasteiger partial charge is 0.305 e. The Hall–Kier alpha value is -2.42. The Morgan fingerprint density at radius 1 is 0.969 bits per heavy atom. The summed E-state index contributed by atoms with van der Waals surface area (Å²) in [7, 11) is 0. The van der Waals surface area contributed by atoms with Crippen LogP contribution in [0.25, 0.3) is 5.57 Å². The summed E-state index contributed by atoms with van der Waals surface area (Å²) in [5.41, 5.74) is 11.0. The van der Waals surface area contributed by atoms with Crippen molar-refractivity contribution in [2.45, 2.75) is 91.9 Å². The molecule has 1 aliphatic carbocycles. The zero-order valence-electron chi connectivity index (χ0n) is 20.4. The summed E-state index contributed by atoms with van der Waals surface area (Å²) in [4.78, 5) is 16.7. The van der Waals surface area contributed by atoms with Crippen LogP contribution in [0.15, 0.2) is 36.0 Å². The van der Waals surface area contributed by atoms with Crippen LogP contribution < -0.4 is 0 Å². The third-order valence-electron chi connectivity index (χ3n) is 6.43. The molecule has 0 aliphatic heterocycles. The summed E-state index contributed by atoms with van der Waals surface area (Å²) >= 11 is 0. The minimum absolute atomic E-state index is 0.0717. The second kappa shape index (κ2) is 12.0. The molecule has 0 bridgehead atoms. The SMILES string of the molecule is CCC/C(CCCCCC(=O)OCC)=C1/c2ccc(C)cc2CCc2cc(CC)cnc21. The van der Waals surface area contributed by atoms with Crippen LogP contribution in [0.1, 0.15) is 99.2 Å². The maximum absolute atomic E-state index is 11.6. The van der Waals surface area contributed by atoms with Gasteiger partial charge in [0, 0.05) is 18.2 Å². The number of carbonyl (C=O) groups is 1. The number of ether oxygens (including phenoxy) is 1. The van der Waals surface area contributed by atoms with E-state index in [2.05, 4.69) is 51.2 Å². The van der Waals surface area contributed by atoms with Gasteiger partial charge in [-0.3, -0.25) is 9.78 Å². The highest BCUT2D eigenvalue weighted by molar-refractivity contribution is 5.84. The molecular formula is C29H39NO2. The lowest BCUT2D eigenvalue weighted by Crippen LogP contribution is -2.04. The minimum atomic E-state index is -0.0717. The van der Waals surface area contributed by atoms with Crippen LogP contribution in [-0.2, 0) is 28.8 Å². The molecule has 0 saturated carbocycles. The van der Waals surface area contributed by atoms with Crippen LogP contribution in [0.5, 0.6) is 0 Å². The monoisotopic (exact) mass is 433 g/mol. The molecule has 3 nitrogen and oxygen atoms in total. The predicted octanol–water partition coefficient (Wildman–Crippen LogP) is 7.17. The number of unbranched alkanes of at least 4 members (excludes halogenated alkanes) is 2. The number of aromatic nitrogens is 1. The second-order valence-corrected chi connectivity index (χ2v) is 8.96. The molecule has 2 aromatic rings. The molecule has 0 radical (unpaired) electrons. The van der Waals surface area contributed by atoms with Crippen molar-refractivity contribution in [2.24, 2.45) is 0 Å². The second-order valence-electron chi connectivity index (χ2n) is 8.96. The van der Waals surface area contributed by atoms with E-state index in [4.69, 9.17) is 9.72 Å². The number of fused-ring (bicyclic) bond motifs is 2. The molecule has 1 heterocycles. The number of rotatable bonds is 10. The van der Waals surface area contributed by atoms with Gasteiger partial charge in [-0.25, -0.2) is 0 Å². The Morgan fingerprint density at radius 2 is 1.75 bits per heavy atom. The number of hydrogen-bond acceptors (Lipinski definition) is 3. The lowest BCUT2D eigenvalue weighted by atomic mass is 9.88. The van der Waals surface area contributed by atoms with E-state index >= 15 is 0 Å². The first-order valence-corrected chi connectivity index (χ1v) is 12.5. The van der Waals surface area contributed by atoms with Gasteiger partial charge >= 0.3 is 5.97 Å². The molecule has 3 heteroatoms. The minimum Gasteiger partial charge on any atom is -0.466 e. The standard InChI is InChI=1S/C29H39NO2/c1-5-11-23(12-9-8-10-13-27(31)32-7-3)28-26-17-14-21(4)18-24(26)15-16-25-19-22(6-2)20-30-29(25)28/h14,17-20H,5-13,15-16H2,1-4H3/b28-23+. The van der Waals surface area contributed by atoms with E-state index in [1.807, 2.05) is 6.92 Å².